The fraction of sp³-hybridized carbons (Fsp3) is 0.261. The fourth-order valence-electron chi connectivity index (χ4n) is 4.07. The number of benzene rings is 1. The van der Waals surface area contributed by atoms with E-state index in [0.29, 0.717) is 17.4 Å². The molecule has 5 rings (SSSR count). The maximum Gasteiger partial charge on any atom is 0.434 e. The number of alkyl halides is 3. The van der Waals surface area contributed by atoms with Crippen molar-refractivity contribution in [1.82, 2.24) is 19.9 Å². The van der Waals surface area contributed by atoms with Crippen molar-refractivity contribution in [2.45, 2.75) is 24.9 Å². The van der Waals surface area contributed by atoms with Gasteiger partial charge >= 0.3 is 6.18 Å². The van der Waals surface area contributed by atoms with Gasteiger partial charge < -0.3 is 14.7 Å². The number of pyridine rings is 1. The van der Waals surface area contributed by atoms with E-state index < -0.39 is 23.2 Å². The van der Waals surface area contributed by atoms with Gasteiger partial charge in [0.25, 0.3) is 0 Å². The molecular formula is C23H19F3N4O2. The zero-order valence-electron chi connectivity index (χ0n) is 16.9. The van der Waals surface area contributed by atoms with Gasteiger partial charge in [-0.3, -0.25) is 9.78 Å². The number of aromatic nitrogens is 4. The van der Waals surface area contributed by atoms with Crippen LogP contribution in [-0.4, -0.2) is 38.9 Å². The molecule has 164 valence electrons. The molecule has 1 aliphatic heterocycles. The highest BCUT2D eigenvalue weighted by molar-refractivity contribution is 6.10. The molecule has 0 radical (unpaired) electrons. The van der Waals surface area contributed by atoms with E-state index in [2.05, 4.69) is 32.1 Å². The van der Waals surface area contributed by atoms with Crippen molar-refractivity contribution in [3.05, 3.63) is 71.2 Å². The molecule has 1 aliphatic rings. The Hall–Kier alpha value is -3.46. The standard InChI is InChI=1S/C23H19F3N4O2/c24-23(25,26)21-16(2-1-7-27-21)20(31)15-11-19(28-12-15)22-29-17-4-3-14(10-18(17)30-22)13-5-8-32-9-6-13/h1-4,7,10-13,28H,5-6,8-9H2,(H,29,30). The Kier molecular flexibility index (Phi) is 5.05. The van der Waals surface area contributed by atoms with Crippen LogP contribution in [0.2, 0.25) is 0 Å². The van der Waals surface area contributed by atoms with Gasteiger partial charge in [-0.15, -0.1) is 0 Å². The van der Waals surface area contributed by atoms with Crippen LogP contribution in [0.15, 0.2) is 48.8 Å². The Balaban J connectivity index is 1.44. The summed E-state index contributed by atoms with van der Waals surface area (Å²) >= 11 is 0. The van der Waals surface area contributed by atoms with Gasteiger partial charge in [0, 0.05) is 31.2 Å². The molecule has 0 atom stereocenters. The number of carbonyl (C=O) groups excluding carboxylic acids is 1. The lowest BCUT2D eigenvalue weighted by atomic mass is 9.91. The second-order valence-electron chi connectivity index (χ2n) is 7.78. The third-order valence-electron chi connectivity index (χ3n) is 5.72. The third-order valence-corrected chi connectivity index (χ3v) is 5.72. The molecule has 1 aromatic carbocycles. The van der Waals surface area contributed by atoms with Gasteiger partial charge in [-0.05, 0) is 54.7 Å². The van der Waals surface area contributed by atoms with Crippen LogP contribution in [0.5, 0.6) is 0 Å². The lowest BCUT2D eigenvalue weighted by Gasteiger charge is -2.22. The maximum atomic E-state index is 13.2. The number of fused-ring (bicyclic) bond motifs is 1. The molecular weight excluding hydrogens is 421 g/mol. The predicted molar refractivity (Wildman–Crippen MR) is 111 cm³/mol. The second-order valence-corrected chi connectivity index (χ2v) is 7.78. The summed E-state index contributed by atoms with van der Waals surface area (Å²) in [6, 6.07) is 10.0. The van der Waals surface area contributed by atoms with E-state index in [9.17, 15) is 18.0 Å². The molecule has 0 spiro atoms. The van der Waals surface area contributed by atoms with Gasteiger partial charge in [0.2, 0.25) is 0 Å². The smallest absolute Gasteiger partial charge is 0.381 e. The number of carbonyl (C=O) groups is 1. The SMILES string of the molecule is O=C(c1c[nH]c(-c2nc3ccc(C4CCOCC4)cc3[nH]2)c1)c1cccnc1C(F)(F)F. The summed E-state index contributed by atoms with van der Waals surface area (Å²) in [5.74, 6) is 0.188. The lowest BCUT2D eigenvalue weighted by Crippen LogP contribution is -2.15. The third kappa shape index (κ3) is 3.80. The Morgan fingerprint density at radius 3 is 2.72 bits per heavy atom. The van der Waals surface area contributed by atoms with Crippen molar-refractivity contribution in [2.75, 3.05) is 13.2 Å². The van der Waals surface area contributed by atoms with Crippen LogP contribution in [0, 0.1) is 0 Å². The Labute approximate surface area is 180 Å². The predicted octanol–water partition coefficient (Wildman–Crippen LogP) is 5.10. The van der Waals surface area contributed by atoms with E-state index in [-0.39, 0.29) is 5.56 Å². The number of halogens is 3. The summed E-state index contributed by atoms with van der Waals surface area (Å²) < 4.78 is 45.1. The Bertz CT molecular complexity index is 1290. The van der Waals surface area contributed by atoms with Crippen molar-refractivity contribution in [3.63, 3.8) is 0 Å². The van der Waals surface area contributed by atoms with E-state index >= 15 is 0 Å². The molecule has 9 heteroatoms. The number of imidazole rings is 1. The summed E-state index contributed by atoms with van der Waals surface area (Å²) in [6.07, 6.45) is -0.366. The number of ether oxygens (including phenoxy) is 1. The van der Waals surface area contributed by atoms with E-state index in [1.807, 2.05) is 6.07 Å². The number of aromatic amines is 2. The molecule has 0 unspecified atom stereocenters. The molecule has 2 N–H and O–H groups in total. The Morgan fingerprint density at radius 2 is 1.94 bits per heavy atom. The highest BCUT2D eigenvalue weighted by Crippen LogP contribution is 2.32. The molecule has 1 saturated heterocycles. The van der Waals surface area contributed by atoms with Gasteiger partial charge in [0.15, 0.2) is 17.3 Å². The minimum Gasteiger partial charge on any atom is -0.381 e. The number of hydrogen-bond acceptors (Lipinski definition) is 4. The number of rotatable bonds is 4. The summed E-state index contributed by atoms with van der Waals surface area (Å²) in [6.45, 7) is 1.51. The molecule has 0 amide bonds. The first-order chi connectivity index (χ1) is 15.4. The first kappa shape index (κ1) is 20.4. The quantitative estimate of drug-likeness (QED) is 0.433. The lowest BCUT2D eigenvalue weighted by molar-refractivity contribution is -0.141. The maximum absolute atomic E-state index is 13.2. The molecule has 0 aliphatic carbocycles. The number of nitrogens with zero attached hydrogens (tertiary/aromatic N) is 2. The fourth-order valence-corrected chi connectivity index (χ4v) is 4.07. The molecule has 4 aromatic rings. The number of H-pyrrole nitrogens is 2. The van der Waals surface area contributed by atoms with E-state index in [1.54, 1.807) is 0 Å². The largest absolute Gasteiger partial charge is 0.434 e. The number of hydrogen-bond donors (Lipinski definition) is 2. The zero-order chi connectivity index (χ0) is 22.3. The summed E-state index contributed by atoms with van der Waals surface area (Å²) in [4.78, 5) is 26.8. The average molecular weight is 440 g/mol. The highest BCUT2D eigenvalue weighted by atomic mass is 19.4. The van der Waals surface area contributed by atoms with E-state index in [0.717, 1.165) is 49.4 Å². The normalized spacial score (nSPS) is 15.3. The van der Waals surface area contributed by atoms with Crippen molar-refractivity contribution in [3.8, 4) is 11.5 Å². The minimum absolute atomic E-state index is 0.0989. The van der Waals surface area contributed by atoms with Gasteiger partial charge in [0.1, 0.15) is 0 Å². The van der Waals surface area contributed by atoms with Crippen LogP contribution in [-0.2, 0) is 10.9 Å². The Morgan fingerprint density at radius 1 is 1.12 bits per heavy atom. The van der Waals surface area contributed by atoms with E-state index in [4.69, 9.17) is 4.74 Å². The van der Waals surface area contributed by atoms with Crippen LogP contribution >= 0.6 is 0 Å². The van der Waals surface area contributed by atoms with Crippen LogP contribution in [0.1, 0.15) is 45.9 Å². The molecule has 3 aromatic heterocycles. The van der Waals surface area contributed by atoms with Gasteiger partial charge in [-0.2, -0.15) is 13.2 Å². The molecule has 1 fully saturated rings. The summed E-state index contributed by atoms with van der Waals surface area (Å²) in [5, 5.41) is 0. The first-order valence-electron chi connectivity index (χ1n) is 10.2. The molecule has 0 bridgehead atoms. The zero-order valence-corrected chi connectivity index (χ0v) is 16.9. The first-order valence-corrected chi connectivity index (χ1v) is 10.2. The highest BCUT2D eigenvalue weighted by Gasteiger charge is 2.37. The molecule has 6 nitrogen and oxygen atoms in total. The topological polar surface area (TPSA) is 83.7 Å². The van der Waals surface area contributed by atoms with Crippen molar-refractivity contribution < 1.29 is 22.7 Å². The summed E-state index contributed by atoms with van der Waals surface area (Å²) in [7, 11) is 0. The van der Waals surface area contributed by atoms with Crippen molar-refractivity contribution in [1.29, 1.82) is 0 Å². The van der Waals surface area contributed by atoms with Gasteiger partial charge in [-0.25, -0.2) is 4.98 Å². The monoisotopic (exact) mass is 440 g/mol. The summed E-state index contributed by atoms with van der Waals surface area (Å²) in [5.41, 5.74) is 1.77. The van der Waals surface area contributed by atoms with Crippen LogP contribution in [0.4, 0.5) is 13.2 Å². The van der Waals surface area contributed by atoms with Crippen LogP contribution in [0.25, 0.3) is 22.6 Å². The van der Waals surface area contributed by atoms with Crippen LogP contribution in [0.3, 0.4) is 0 Å². The molecule has 0 saturated carbocycles. The van der Waals surface area contributed by atoms with Crippen molar-refractivity contribution in [2.24, 2.45) is 0 Å². The molecule has 4 heterocycles. The average Bonchev–Trinajstić information content (AvgIpc) is 3.45. The van der Waals surface area contributed by atoms with E-state index in [1.165, 1.54) is 23.9 Å². The van der Waals surface area contributed by atoms with Gasteiger partial charge in [0.05, 0.1) is 22.3 Å². The number of nitrogens with one attached hydrogen (secondary N) is 2. The minimum atomic E-state index is -4.72. The molecule has 32 heavy (non-hydrogen) atoms. The van der Waals surface area contributed by atoms with Crippen molar-refractivity contribution >= 4 is 16.8 Å². The second kappa shape index (κ2) is 7.90. The number of ketones is 1. The van der Waals surface area contributed by atoms with Crippen LogP contribution < -0.4 is 0 Å². The van der Waals surface area contributed by atoms with Gasteiger partial charge in [-0.1, -0.05) is 6.07 Å².